The van der Waals surface area contributed by atoms with E-state index in [1.165, 1.54) is 31.2 Å². The SMILES string of the molecule is C[C@H](NS(=O)(=O)c1ccc(Cl)cc1)C(=O)NCC(=O)NCc1ccccc1. The predicted octanol–water partition coefficient (Wildman–Crippen LogP) is 1.44. The maximum atomic E-state index is 12.2. The zero-order valence-electron chi connectivity index (χ0n) is 14.6. The first-order valence-corrected chi connectivity index (χ1v) is 10.0. The Morgan fingerprint density at radius 3 is 2.26 bits per heavy atom. The summed E-state index contributed by atoms with van der Waals surface area (Å²) >= 11 is 5.74. The summed E-state index contributed by atoms with van der Waals surface area (Å²) in [5.74, 6) is -0.984. The molecule has 0 aliphatic heterocycles. The molecule has 0 aromatic heterocycles. The highest BCUT2D eigenvalue weighted by molar-refractivity contribution is 7.89. The lowest BCUT2D eigenvalue weighted by atomic mass is 10.2. The molecule has 2 rings (SSSR count). The monoisotopic (exact) mass is 409 g/mol. The van der Waals surface area contributed by atoms with Gasteiger partial charge in [0.05, 0.1) is 17.5 Å². The van der Waals surface area contributed by atoms with Crippen molar-refractivity contribution in [1.82, 2.24) is 15.4 Å². The maximum Gasteiger partial charge on any atom is 0.241 e. The van der Waals surface area contributed by atoms with Gasteiger partial charge in [0.2, 0.25) is 21.8 Å². The third kappa shape index (κ3) is 6.67. The minimum atomic E-state index is -3.88. The lowest BCUT2D eigenvalue weighted by Crippen LogP contribution is -2.47. The smallest absolute Gasteiger partial charge is 0.241 e. The highest BCUT2D eigenvalue weighted by atomic mass is 35.5. The number of amides is 2. The molecule has 0 saturated carbocycles. The standard InChI is InChI=1S/C18H20ClN3O4S/c1-13(22-27(25,26)16-9-7-15(19)8-10-16)18(24)21-12-17(23)20-11-14-5-3-2-4-6-14/h2-10,13,22H,11-12H2,1H3,(H,20,23)(H,21,24)/t13-/m0/s1. The van der Waals surface area contributed by atoms with Crippen LogP contribution >= 0.6 is 11.6 Å². The van der Waals surface area contributed by atoms with Crippen molar-refractivity contribution in [3.63, 3.8) is 0 Å². The van der Waals surface area contributed by atoms with Crippen LogP contribution in [0, 0.1) is 0 Å². The van der Waals surface area contributed by atoms with Crippen LogP contribution in [0.3, 0.4) is 0 Å². The van der Waals surface area contributed by atoms with Crippen LogP contribution in [0.2, 0.25) is 5.02 Å². The number of hydrogen-bond acceptors (Lipinski definition) is 4. The van der Waals surface area contributed by atoms with Crippen molar-refractivity contribution in [3.05, 3.63) is 65.2 Å². The average molecular weight is 410 g/mol. The number of carbonyl (C=O) groups is 2. The molecule has 27 heavy (non-hydrogen) atoms. The topological polar surface area (TPSA) is 104 Å². The van der Waals surface area contributed by atoms with Gasteiger partial charge in [-0.3, -0.25) is 9.59 Å². The fraction of sp³-hybridized carbons (Fsp3) is 0.222. The lowest BCUT2D eigenvalue weighted by molar-refractivity contribution is -0.126. The van der Waals surface area contributed by atoms with Gasteiger partial charge in [-0.1, -0.05) is 41.9 Å². The number of rotatable bonds is 8. The fourth-order valence-electron chi connectivity index (χ4n) is 2.15. The van der Waals surface area contributed by atoms with Crippen molar-refractivity contribution >= 4 is 33.4 Å². The van der Waals surface area contributed by atoms with E-state index in [0.29, 0.717) is 11.6 Å². The van der Waals surface area contributed by atoms with E-state index in [4.69, 9.17) is 11.6 Å². The van der Waals surface area contributed by atoms with Gasteiger partial charge in [-0.15, -0.1) is 0 Å². The number of sulfonamides is 1. The van der Waals surface area contributed by atoms with Gasteiger partial charge in [0.25, 0.3) is 0 Å². The van der Waals surface area contributed by atoms with Gasteiger partial charge in [0.15, 0.2) is 0 Å². The molecule has 0 spiro atoms. The van der Waals surface area contributed by atoms with Crippen molar-refractivity contribution in [2.24, 2.45) is 0 Å². The van der Waals surface area contributed by atoms with E-state index in [2.05, 4.69) is 15.4 Å². The summed E-state index contributed by atoms with van der Waals surface area (Å²) in [6, 6.07) is 13.8. The molecule has 0 bridgehead atoms. The molecule has 7 nitrogen and oxygen atoms in total. The Kier molecular flexibility index (Phi) is 7.35. The second-order valence-corrected chi connectivity index (χ2v) is 7.93. The van der Waals surface area contributed by atoms with Crippen molar-refractivity contribution in [1.29, 1.82) is 0 Å². The van der Waals surface area contributed by atoms with Crippen LogP contribution in [-0.4, -0.2) is 32.8 Å². The highest BCUT2D eigenvalue weighted by Gasteiger charge is 2.22. The van der Waals surface area contributed by atoms with Crippen molar-refractivity contribution in [3.8, 4) is 0 Å². The molecule has 0 fully saturated rings. The van der Waals surface area contributed by atoms with Crippen LogP contribution < -0.4 is 15.4 Å². The summed E-state index contributed by atoms with van der Waals surface area (Å²) < 4.78 is 26.7. The number of halogens is 1. The van der Waals surface area contributed by atoms with Crippen molar-refractivity contribution in [2.75, 3.05) is 6.54 Å². The fourth-order valence-corrected chi connectivity index (χ4v) is 3.48. The molecule has 144 valence electrons. The predicted molar refractivity (Wildman–Crippen MR) is 103 cm³/mol. The summed E-state index contributed by atoms with van der Waals surface area (Å²) in [6.45, 7) is 1.48. The third-order valence-corrected chi connectivity index (χ3v) is 5.41. The Morgan fingerprint density at radius 2 is 1.63 bits per heavy atom. The molecule has 3 N–H and O–H groups in total. The normalized spacial score (nSPS) is 12.2. The number of benzene rings is 2. The number of carbonyl (C=O) groups excluding carboxylic acids is 2. The van der Waals surface area contributed by atoms with E-state index in [1.807, 2.05) is 30.3 Å². The molecule has 9 heteroatoms. The summed E-state index contributed by atoms with van der Waals surface area (Å²) in [4.78, 5) is 23.8. The highest BCUT2D eigenvalue weighted by Crippen LogP contribution is 2.14. The molecule has 1 atom stereocenters. The van der Waals surface area contributed by atoms with Crippen LogP contribution in [0.4, 0.5) is 0 Å². The van der Waals surface area contributed by atoms with Gasteiger partial charge in [-0.2, -0.15) is 4.72 Å². The van der Waals surface area contributed by atoms with Gasteiger partial charge in [-0.05, 0) is 36.8 Å². The van der Waals surface area contributed by atoms with Gasteiger partial charge >= 0.3 is 0 Å². The van der Waals surface area contributed by atoms with Crippen molar-refractivity contribution < 1.29 is 18.0 Å². The van der Waals surface area contributed by atoms with E-state index >= 15 is 0 Å². The first kappa shape index (κ1) is 20.9. The summed E-state index contributed by atoms with van der Waals surface area (Å²) in [6.07, 6.45) is 0. The van der Waals surface area contributed by atoms with E-state index < -0.39 is 22.0 Å². The molecule has 0 radical (unpaired) electrons. The van der Waals surface area contributed by atoms with Crippen LogP contribution in [0.15, 0.2) is 59.5 Å². The molecule has 2 aromatic carbocycles. The molecule has 0 saturated heterocycles. The minimum Gasteiger partial charge on any atom is -0.350 e. The van der Waals surface area contributed by atoms with Crippen LogP contribution in [-0.2, 0) is 26.2 Å². The van der Waals surface area contributed by atoms with Crippen LogP contribution in [0.5, 0.6) is 0 Å². The van der Waals surface area contributed by atoms with E-state index in [-0.39, 0.29) is 17.3 Å². The molecular weight excluding hydrogens is 390 g/mol. The van der Waals surface area contributed by atoms with E-state index in [0.717, 1.165) is 5.56 Å². The minimum absolute atomic E-state index is 0.00726. The first-order chi connectivity index (χ1) is 12.8. The average Bonchev–Trinajstić information content (AvgIpc) is 2.65. The quantitative estimate of drug-likeness (QED) is 0.613. The maximum absolute atomic E-state index is 12.2. The van der Waals surface area contributed by atoms with Gasteiger partial charge in [-0.25, -0.2) is 8.42 Å². The first-order valence-electron chi connectivity index (χ1n) is 8.14. The Bertz CT molecular complexity index is 887. The van der Waals surface area contributed by atoms with Crippen LogP contribution in [0.25, 0.3) is 0 Å². The van der Waals surface area contributed by atoms with Crippen LogP contribution in [0.1, 0.15) is 12.5 Å². The molecule has 0 aliphatic rings. The second kappa shape index (κ2) is 9.50. The molecule has 2 aromatic rings. The summed E-state index contributed by atoms with van der Waals surface area (Å²) in [5.41, 5.74) is 0.932. The molecule has 0 aliphatic carbocycles. The molecule has 0 heterocycles. The summed E-state index contributed by atoms with van der Waals surface area (Å²) in [5, 5.41) is 5.47. The Balaban J connectivity index is 1.81. The summed E-state index contributed by atoms with van der Waals surface area (Å²) in [7, 11) is -3.88. The molecular formula is C18H20ClN3O4S. The van der Waals surface area contributed by atoms with E-state index in [1.54, 1.807) is 0 Å². The Hall–Kier alpha value is -2.42. The van der Waals surface area contributed by atoms with Gasteiger partial charge < -0.3 is 10.6 Å². The number of hydrogen-bond donors (Lipinski definition) is 3. The zero-order chi connectivity index (χ0) is 19.9. The lowest BCUT2D eigenvalue weighted by Gasteiger charge is -2.14. The Labute approximate surface area is 163 Å². The largest absolute Gasteiger partial charge is 0.350 e. The zero-order valence-corrected chi connectivity index (χ0v) is 16.2. The molecule has 0 unspecified atom stereocenters. The van der Waals surface area contributed by atoms with E-state index in [9.17, 15) is 18.0 Å². The molecule has 2 amide bonds. The van der Waals surface area contributed by atoms with Gasteiger partial charge in [0, 0.05) is 11.6 Å². The third-order valence-electron chi connectivity index (χ3n) is 3.60. The Morgan fingerprint density at radius 1 is 1.00 bits per heavy atom. The second-order valence-electron chi connectivity index (χ2n) is 5.78. The van der Waals surface area contributed by atoms with Gasteiger partial charge in [0.1, 0.15) is 0 Å². The van der Waals surface area contributed by atoms with Crippen molar-refractivity contribution in [2.45, 2.75) is 24.4 Å². The number of nitrogens with one attached hydrogen (secondary N) is 3.